The molecule has 0 aliphatic carbocycles. The van der Waals surface area contributed by atoms with Gasteiger partial charge in [0, 0.05) is 28.8 Å². The Labute approximate surface area is 106 Å². The summed E-state index contributed by atoms with van der Waals surface area (Å²) in [5.74, 6) is 0. The summed E-state index contributed by atoms with van der Waals surface area (Å²) in [6.45, 7) is 5.55. The van der Waals surface area contributed by atoms with E-state index >= 15 is 0 Å². The van der Waals surface area contributed by atoms with Crippen molar-refractivity contribution in [3.8, 4) is 0 Å². The minimum atomic E-state index is 0.513. The summed E-state index contributed by atoms with van der Waals surface area (Å²) in [4.78, 5) is 2.50. The molecule has 0 aromatic heterocycles. The molecular formula is C13H19BrN2. The molecule has 0 fully saturated rings. The summed E-state index contributed by atoms with van der Waals surface area (Å²) in [7, 11) is 2.04. The number of nitrogens with one attached hydrogen (secondary N) is 1. The predicted molar refractivity (Wildman–Crippen MR) is 73.2 cm³/mol. The number of fused-ring (bicyclic) bond motifs is 1. The van der Waals surface area contributed by atoms with Crippen LogP contribution in [0.4, 0.5) is 5.69 Å². The first-order valence-electron chi connectivity index (χ1n) is 5.90. The number of hydrogen-bond acceptors (Lipinski definition) is 2. The minimum Gasteiger partial charge on any atom is -0.367 e. The second-order valence-electron chi connectivity index (χ2n) is 4.37. The molecule has 3 heteroatoms. The lowest BCUT2D eigenvalue weighted by atomic mass is 10.0. The maximum Gasteiger partial charge on any atom is 0.0481 e. The van der Waals surface area contributed by atoms with Crippen molar-refractivity contribution in [2.24, 2.45) is 0 Å². The van der Waals surface area contributed by atoms with Crippen LogP contribution in [0.5, 0.6) is 0 Å². The van der Waals surface area contributed by atoms with Crippen LogP contribution in [-0.2, 0) is 6.42 Å². The van der Waals surface area contributed by atoms with E-state index < -0.39 is 0 Å². The van der Waals surface area contributed by atoms with Gasteiger partial charge in [-0.3, -0.25) is 0 Å². The normalized spacial score (nSPS) is 21.0. The van der Waals surface area contributed by atoms with Gasteiger partial charge in [0.2, 0.25) is 0 Å². The Morgan fingerprint density at radius 2 is 2.31 bits per heavy atom. The Morgan fingerprint density at radius 1 is 1.56 bits per heavy atom. The molecule has 1 aliphatic heterocycles. The molecule has 0 bridgehead atoms. The SMILES string of the molecule is CCN1c2cccc(Br)c2CC1C(C)NC. The van der Waals surface area contributed by atoms with Gasteiger partial charge in [0.1, 0.15) is 0 Å². The second-order valence-corrected chi connectivity index (χ2v) is 5.23. The van der Waals surface area contributed by atoms with Gasteiger partial charge in [0.15, 0.2) is 0 Å². The number of rotatable bonds is 3. The molecule has 0 spiro atoms. The third-order valence-corrected chi connectivity index (χ3v) is 4.33. The van der Waals surface area contributed by atoms with Crippen LogP contribution in [0.3, 0.4) is 0 Å². The number of likely N-dealkylation sites (N-methyl/N-ethyl adjacent to an activating group) is 2. The standard InChI is InChI=1S/C13H19BrN2/c1-4-16-12-7-5-6-11(14)10(12)8-13(16)9(2)15-3/h5-7,9,13,15H,4,8H2,1-3H3. The molecule has 1 aromatic carbocycles. The lowest BCUT2D eigenvalue weighted by Gasteiger charge is -2.30. The highest BCUT2D eigenvalue weighted by Gasteiger charge is 2.32. The van der Waals surface area contributed by atoms with Gasteiger partial charge in [-0.05, 0) is 45.0 Å². The first-order chi connectivity index (χ1) is 7.69. The zero-order chi connectivity index (χ0) is 11.7. The highest BCUT2D eigenvalue weighted by molar-refractivity contribution is 9.10. The van der Waals surface area contributed by atoms with E-state index in [4.69, 9.17) is 0 Å². The van der Waals surface area contributed by atoms with Crippen LogP contribution in [0, 0.1) is 0 Å². The molecule has 2 atom stereocenters. The first kappa shape index (κ1) is 11.9. The van der Waals surface area contributed by atoms with E-state index in [0.717, 1.165) is 13.0 Å². The van der Waals surface area contributed by atoms with Crippen molar-refractivity contribution in [1.29, 1.82) is 0 Å². The fourth-order valence-electron chi connectivity index (χ4n) is 2.56. The second kappa shape index (κ2) is 4.76. The highest BCUT2D eigenvalue weighted by Crippen LogP contribution is 2.37. The number of benzene rings is 1. The molecule has 0 saturated heterocycles. The van der Waals surface area contributed by atoms with E-state index in [9.17, 15) is 0 Å². The Bertz CT molecular complexity index is 378. The Morgan fingerprint density at radius 3 is 2.94 bits per heavy atom. The monoisotopic (exact) mass is 282 g/mol. The zero-order valence-electron chi connectivity index (χ0n) is 10.1. The minimum absolute atomic E-state index is 0.513. The Kier molecular flexibility index (Phi) is 3.55. The molecule has 1 aliphatic rings. The molecule has 1 aromatic rings. The number of hydrogen-bond donors (Lipinski definition) is 1. The van der Waals surface area contributed by atoms with Gasteiger partial charge in [0.25, 0.3) is 0 Å². The van der Waals surface area contributed by atoms with Crippen molar-refractivity contribution in [2.75, 3.05) is 18.5 Å². The molecule has 88 valence electrons. The lowest BCUT2D eigenvalue weighted by molar-refractivity contribution is 0.476. The van der Waals surface area contributed by atoms with Crippen molar-refractivity contribution in [2.45, 2.75) is 32.4 Å². The Hall–Kier alpha value is -0.540. The Balaban J connectivity index is 2.36. The van der Waals surface area contributed by atoms with Gasteiger partial charge in [-0.15, -0.1) is 0 Å². The van der Waals surface area contributed by atoms with Crippen LogP contribution in [0.15, 0.2) is 22.7 Å². The van der Waals surface area contributed by atoms with Crippen molar-refractivity contribution in [3.05, 3.63) is 28.2 Å². The smallest absolute Gasteiger partial charge is 0.0481 e. The average Bonchev–Trinajstić information content (AvgIpc) is 2.68. The fourth-order valence-corrected chi connectivity index (χ4v) is 3.08. The highest BCUT2D eigenvalue weighted by atomic mass is 79.9. The summed E-state index contributed by atoms with van der Waals surface area (Å²) in [6, 6.07) is 7.58. The van der Waals surface area contributed by atoms with Gasteiger partial charge in [-0.25, -0.2) is 0 Å². The predicted octanol–water partition coefficient (Wildman–Crippen LogP) is 2.81. The lowest BCUT2D eigenvalue weighted by Crippen LogP contribution is -2.45. The van der Waals surface area contributed by atoms with Gasteiger partial charge in [-0.2, -0.15) is 0 Å². The summed E-state index contributed by atoms with van der Waals surface area (Å²) in [5.41, 5.74) is 2.85. The van der Waals surface area contributed by atoms with Gasteiger partial charge >= 0.3 is 0 Å². The molecular weight excluding hydrogens is 264 g/mol. The van der Waals surface area contributed by atoms with Crippen LogP contribution in [0.25, 0.3) is 0 Å². The molecule has 2 unspecified atom stereocenters. The largest absolute Gasteiger partial charge is 0.367 e. The van der Waals surface area contributed by atoms with E-state index in [-0.39, 0.29) is 0 Å². The molecule has 1 heterocycles. The van der Waals surface area contributed by atoms with E-state index in [0.29, 0.717) is 12.1 Å². The van der Waals surface area contributed by atoms with Crippen LogP contribution >= 0.6 is 15.9 Å². The molecule has 0 amide bonds. The maximum absolute atomic E-state index is 3.66. The quantitative estimate of drug-likeness (QED) is 0.917. The van der Waals surface area contributed by atoms with Gasteiger partial charge in [-0.1, -0.05) is 22.0 Å². The molecule has 0 saturated carbocycles. The van der Waals surface area contributed by atoms with E-state index in [2.05, 4.69) is 58.2 Å². The van der Waals surface area contributed by atoms with E-state index in [1.54, 1.807) is 0 Å². The summed E-state index contributed by atoms with van der Waals surface area (Å²) in [6.07, 6.45) is 1.13. The summed E-state index contributed by atoms with van der Waals surface area (Å²) < 4.78 is 1.24. The topological polar surface area (TPSA) is 15.3 Å². The molecule has 2 nitrogen and oxygen atoms in total. The van der Waals surface area contributed by atoms with Crippen molar-refractivity contribution < 1.29 is 0 Å². The third kappa shape index (κ3) is 1.87. The van der Waals surface area contributed by atoms with Crippen molar-refractivity contribution in [3.63, 3.8) is 0 Å². The summed E-state index contributed by atoms with van der Waals surface area (Å²) >= 11 is 3.66. The van der Waals surface area contributed by atoms with Crippen LogP contribution < -0.4 is 10.2 Å². The van der Waals surface area contributed by atoms with E-state index in [1.807, 2.05) is 7.05 Å². The van der Waals surface area contributed by atoms with Crippen LogP contribution in [0.1, 0.15) is 19.4 Å². The van der Waals surface area contributed by atoms with Crippen molar-refractivity contribution in [1.82, 2.24) is 5.32 Å². The van der Waals surface area contributed by atoms with Crippen LogP contribution in [0.2, 0.25) is 0 Å². The molecule has 16 heavy (non-hydrogen) atoms. The van der Waals surface area contributed by atoms with Gasteiger partial charge < -0.3 is 10.2 Å². The third-order valence-electron chi connectivity index (χ3n) is 3.59. The number of anilines is 1. The molecule has 0 radical (unpaired) electrons. The number of nitrogens with zero attached hydrogens (tertiary/aromatic N) is 1. The summed E-state index contributed by atoms with van der Waals surface area (Å²) in [5, 5.41) is 3.37. The first-order valence-corrected chi connectivity index (χ1v) is 6.69. The zero-order valence-corrected chi connectivity index (χ0v) is 11.7. The maximum atomic E-state index is 3.66. The molecule has 1 N–H and O–H groups in total. The van der Waals surface area contributed by atoms with Gasteiger partial charge in [0.05, 0.1) is 0 Å². The fraction of sp³-hybridized carbons (Fsp3) is 0.538. The number of halogens is 1. The van der Waals surface area contributed by atoms with E-state index in [1.165, 1.54) is 15.7 Å². The van der Waals surface area contributed by atoms with Crippen LogP contribution in [-0.4, -0.2) is 25.7 Å². The molecule has 2 rings (SSSR count). The average molecular weight is 283 g/mol. The van der Waals surface area contributed by atoms with Crippen molar-refractivity contribution >= 4 is 21.6 Å².